The van der Waals surface area contributed by atoms with E-state index in [0.717, 1.165) is 22.4 Å². The van der Waals surface area contributed by atoms with Gasteiger partial charge in [0.25, 0.3) is 5.91 Å². The number of fused-ring (bicyclic) bond motifs is 1. The summed E-state index contributed by atoms with van der Waals surface area (Å²) in [6.45, 7) is 1.40. The number of benzene rings is 2. The lowest BCUT2D eigenvalue weighted by molar-refractivity contribution is -0.141. The van der Waals surface area contributed by atoms with E-state index in [2.05, 4.69) is 15.7 Å². The van der Waals surface area contributed by atoms with E-state index in [-0.39, 0.29) is 23.6 Å². The highest BCUT2D eigenvalue weighted by molar-refractivity contribution is 6.03. The minimum atomic E-state index is -4.76. The normalized spacial score (nSPS) is 13.7. The maximum Gasteiger partial charge on any atom is 0.435 e. The van der Waals surface area contributed by atoms with Crippen LogP contribution in [0.4, 0.5) is 23.2 Å². The molecular formula is C21H19F4N5O. The molecule has 2 heterocycles. The lowest BCUT2D eigenvalue weighted by atomic mass is 10.00. The number of hydrogen-bond acceptors (Lipinski definition) is 4. The molecule has 0 spiro atoms. The van der Waals surface area contributed by atoms with E-state index >= 15 is 0 Å². The first-order valence-corrected chi connectivity index (χ1v) is 9.56. The van der Waals surface area contributed by atoms with Gasteiger partial charge in [-0.3, -0.25) is 4.79 Å². The molecule has 0 bridgehead atoms. The molecule has 0 radical (unpaired) electrons. The number of aromatic nitrogens is 2. The van der Waals surface area contributed by atoms with Gasteiger partial charge in [0.1, 0.15) is 11.5 Å². The fourth-order valence-corrected chi connectivity index (χ4v) is 3.48. The minimum absolute atomic E-state index is 0.107. The maximum absolute atomic E-state index is 14.5. The highest BCUT2D eigenvalue weighted by atomic mass is 19.4. The van der Waals surface area contributed by atoms with Crippen LogP contribution < -0.4 is 16.4 Å². The highest BCUT2D eigenvalue weighted by Crippen LogP contribution is 2.30. The molecule has 3 aromatic rings. The fraction of sp³-hybridized carbons (Fsp3) is 0.238. The molecule has 4 N–H and O–H groups in total. The van der Waals surface area contributed by atoms with Gasteiger partial charge in [-0.25, -0.2) is 9.07 Å². The zero-order valence-electron chi connectivity index (χ0n) is 16.3. The number of alkyl halides is 3. The van der Waals surface area contributed by atoms with E-state index < -0.39 is 23.6 Å². The van der Waals surface area contributed by atoms with Crippen LogP contribution in [-0.2, 0) is 25.7 Å². The largest absolute Gasteiger partial charge is 0.435 e. The molecule has 31 heavy (non-hydrogen) atoms. The molecule has 2 aromatic carbocycles. The van der Waals surface area contributed by atoms with Gasteiger partial charge in [-0.05, 0) is 53.9 Å². The van der Waals surface area contributed by atoms with E-state index in [1.54, 1.807) is 12.1 Å². The van der Waals surface area contributed by atoms with Gasteiger partial charge in [-0.1, -0.05) is 12.1 Å². The van der Waals surface area contributed by atoms with Crippen molar-refractivity contribution in [2.45, 2.75) is 25.7 Å². The molecule has 0 saturated carbocycles. The molecule has 4 rings (SSSR count). The van der Waals surface area contributed by atoms with E-state index in [1.165, 1.54) is 24.3 Å². The number of nitrogens with zero attached hydrogens (tertiary/aromatic N) is 2. The fourth-order valence-electron chi connectivity index (χ4n) is 3.48. The molecule has 162 valence electrons. The Balaban J connectivity index is 1.73. The second kappa shape index (κ2) is 8.12. The first kappa shape index (κ1) is 21.0. The average molecular weight is 433 g/mol. The maximum atomic E-state index is 14.5. The number of halogens is 4. The van der Waals surface area contributed by atoms with Gasteiger partial charge in [0.2, 0.25) is 0 Å². The smallest absolute Gasteiger partial charge is 0.326 e. The van der Waals surface area contributed by atoms with Gasteiger partial charge in [-0.15, -0.1) is 0 Å². The van der Waals surface area contributed by atoms with Crippen LogP contribution >= 0.6 is 0 Å². The van der Waals surface area contributed by atoms with E-state index in [1.807, 2.05) is 0 Å². The molecule has 0 fully saturated rings. The Bertz CT molecular complexity index is 1140. The second-order valence-electron chi connectivity index (χ2n) is 7.18. The van der Waals surface area contributed by atoms with Crippen molar-refractivity contribution < 1.29 is 22.4 Å². The third-order valence-electron chi connectivity index (χ3n) is 5.05. The van der Waals surface area contributed by atoms with Crippen LogP contribution in [0.5, 0.6) is 0 Å². The van der Waals surface area contributed by atoms with Crippen molar-refractivity contribution in [1.29, 1.82) is 0 Å². The summed E-state index contributed by atoms with van der Waals surface area (Å²) in [5.41, 5.74) is 6.43. The molecule has 0 saturated heterocycles. The highest BCUT2D eigenvalue weighted by Gasteiger charge is 2.36. The van der Waals surface area contributed by atoms with Crippen LogP contribution in [0.2, 0.25) is 0 Å². The predicted molar refractivity (Wildman–Crippen MR) is 106 cm³/mol. The Morgan fingerprint density at radius 1 is 1.19 bits per heavy atom. The van der Waals surface area contributed by atoms with Crippen molar-refractivity contribution in [2.24, 2.45) is 5.73 Å². The summed E-state index contributed by atoms with van der Waals surface area (Å²) < 4.78 is 55.3. The standard InChI is InChI=1S/C21H19F4N5O/c22-16-7-13-4-5-27-11-14(13)8-17(16)28-20(31)18-9-19(21(23,24)25)29-30(18)15-3-1-2-12(6-15)10-26/h1-3,6-9,27H,4-5,10-11,26H2,(H,28,31). The van der Waals surface area contributed by atoms with Crippen LogP contribution in [0, 0.1) is 5.82 Å². The minimum Gasteiger partial charge on any atom is -0.326 e. The zero-order valence-corrected chi connectivity index (χ0v) is 16.3. The molecule has 1 aliphatic heterocycles. The van der Waals surface area contributed by atoms with E-state index in [0.29, 0.717) is 24.6 Å². The van der Waals surface area contributed by atoms with Gasteiger partial charge in [0, 0.05) is 19.2 Å². The quantitative estimate of drug-likeness (QED) is 0.551. The van der Waals surface area contributed by atoms with Crippen LogP contribution in [-0.4, -0.2) is 22.2 Å². The number of rotatable bonds is 4. The third-order valence-corrected chi connectivity index (χ3v) is 5.05. The zero-order chi connectivity index (χ0) is 22.2. The Morgan fingerprint density at radius 3 is 2.74 bits per heavy atom. The Labute approximate surface area is 175 Å². The molecule has 0 unspecified atom stereocenters. The van der Waals surface area contributed by atoms with Gasteiger partial charge in [0.05, 0.1) is 11.4 Å². The number of nitrogens with two attached hydrogens (primary N) is 1. The van der Waals surface area contributed by atoms with Gasteiger partial charge in [0.15, 0.2) is 5.69 Å². The first-order chi connectivity index (χ1) is 14.8. The summed E-state index contributed by atoms with van der Waals surface area (Å²) in [5.74, 6) is -1.56. The average Bonchev–Trinajstić information content (AvgIpc) is 3.20. The van der Waals surface area contributed by atoms with Gasteiger partial charge in [-0.2, -0.15) is 18.3 Å². The summed E-state index contributed by atoms with van der Waals surface area (Å²) in [6.07, 6.45) is -4.10. The summed E-state index contributed by atoms with van der Waals surface area (Å²) in [4.78, 5) is 12.9. The number of hydrogen-bond donors (Lipinski definition) is 3. The lowest BCUT2D eigenvalue weighted by Crippen LogP contribution is -2.24. The van der Waals surface area contributed by atoms with E-state index in [4.69, 9.17) is 5.73 Å². The summed E-state index contributed by atoms with van der Waals surface area (Å²) in [7, 11) is 0. The Morgan fingerprint density at radius 2 is 2.00 bits per heavy atom. The van der Waals surface area contributed by atoms with Crippen molar-refractivity contribution in [2.75, 3.05) is 11.9 Å². The molecular weight excluding hydrogens is 414 g/mol. The number of nitrogens with one attached hydrogen (secondary N) is 2. The molecule has 1 aromatic heterocycles. The lowest BCUT2D eigenvalue weighted by Gasteiger charge is -2.19. The van der Waals surface area contributed by atoms with Crippen molar-refractivity contribution in [1.82, 2.24) is 15.1 Å². The Kier molecular flexibility index (Phi) is 5.50. The molecule has 0 atom stereocenters. The van der Waals surface area contributed by atoms with Crippen molar-refractivity contribution in [3.05, 3.63) is 76.4 Å². The van der Waals surface area contributed by atoms with Gasteiger partial charge >= 0.3 is 6.18 Å². The van der Waals surface area contributed by atoms with Crippen LogP contribution in [0.3, 0.4) is 0 Å². The van der Waals surface area contributed by atoms with Gasteiger partial charge < -0.3 is 16.4 Å². The number of carbonyl (C=O) groups is 1. The van der Waals surface area contributed by atoms with Crippen LogP contribution in [0.15, 0.2) is 42.5 Å². The monoisotopic (exact) mass is 433 g/mol. The van der Waals surface area contributed by atoms with E-state index in [9.17, 15) is 22.4 Å². The summed E-state index contributed by atoms with van der Waals surface area (Å²) in [6, 6.07) is 9.83. The molecule has 1 amide bonds. The summed E-state index contributed by atoms with van der Waals surface area (Å²) in [5, 5.41) is 9.10. The van der Waals surface area contributed by atoms with Crippen molar-refractivity contribution >= 4 is 11.6 Å². The number of anilines is 1. The Hall–Kier alpha value is -3.24. The topological polar surface area (TPSA) is 85.0 Å². The predicted octanol–water partition coefficient (Wildman–Crippen LogP) is 3.39. The van der Waals surface area contributed by atoms with Crippen LogP contribution in [0.25, 0.3) is 5.69 Å². The summed E-state index contributed by atoms with van der Waals surface area (Å²) >= 11 is 0. The number of amides is 1. The first-order valence-electron chi connectivity index (χ1n) is 9.56. The molecule has 1 aliphatic rings. The number of carbonyl (C=O) groups excluding carboxylic acids is 1. The third kappa shape index (κ3) is 4.30. The van der Waals surface area contributed by atoms with Crippen LogP contribution in [0.1, 0.15) is 32.9 Å². The molecule has 0 aliphatic carbocycles. The molecule has 10 heteroatoms. The molecule has 6 nitrogen and oxygen atoms in total. The van der Waals surface area contributed by atoms with Crippen molar-refractivity contribution in [3.63, 3.8) is 0 Å². The van der Waals surface area contributed by atoms with Crippen molar-refractivity contribution in [3.8, 4) is 5.69 Å². The second-order valence-corrected chi connectivity index (χ2v) is 7.18. The SMILES string of the molecule is NCc1cccc(-n2nc(C(F)(F)F)cc2C(=O)Nc2cc3c(cc2F)CCNC3)c1.